The Kier molecular flexibility index (Phi) is 9.16. The van der Waals surface area contributed by atoms with Crippen LogP contribution in [0, 0.1) is 18.3 Å². The number of ether oxygens (including phenoxy) is 1. The highest BCUT2D eigenvalue weighted by Crippen LogP contribution is 2.40. The summed E-state index contributed by atoms with van der Waals surface area (Å²) in [6.45, 7) is 8.26. The minimum Gasteiger partial charge on any atom is -0.486 e. The molecule has 3 N–H and O–H groups in total. The zero-order valence-corrected chi connectivity index (χ0v) is 28.2. The summed E-state index contributed by atoms with van der Waals surface area (Å²) in [4.78, 5) is 52.2. The Balaban J connectivity index is 1.16. The Hall–Kier alpha value is -4.17. The van der Waals surface area contributed by atoms with E-state index in [1.54, 1.807) is 32.3 Å². The minimum atomic E-state index is -1.96. The van der Waals surface area contributed by atoms with Crippen molar-refractivity contribution in [1.29, 1.82) is 0 Å². The number of carbonyl (C=O) groups is 3. The van der Waals surface area contributed by atoms with Gasteiger partial charge in [-0.05, 0) is 42.9 Å². The number of aliphatic hydroxyl groups excluding tert-OH is 1. The van der Waals surface area contributed by atoms with E-state index in [0.717, 1.165) is 16.1 Å². The number of alkyl halides is 1. The van der Waals surface area contributed by atoms with E-state index in [2.05, 4.69) is 20.6 Å². The van der Waals surface area contributed by atoms with E-state index >= 15 is 0 Å². The van der Waals surface area contributed by atoms with Crippen LogP contribution < -0.4 is 20.3 Å². The number of rotatable bonds is 10. The van der Waals surface area contributed by atoms with E-state index < -0.39 is 52.9 Å². The standard InChI is InChI=1S/C34H40F2N6O5S/c1-19-28(48-18-39-19)20-5-6-21(26(11-20)47-24-16-41(17-24)22-7-10-37-27(35)12-22)14-38-30(44)25-13-23(43)15-42(25)31(45)29(33(2,3)4)40-32(46)34(36)8-9-34/h5-7,10-12,18,23-25,29,43H,8-9,13-17H2,1-4H3,(H,38,44)(H,40,46)/t23-,25+,29?/m1/s1. The van der Waals surface area contributed by atoms with E-state index in [0.29, 0.717) is 30.1 Å². The molecule has 3 amide bonds. The molecule has 14 heteroatoms. The van der Waals surface area contributed by atoms with Crippen LogP contribution in [0.4, 0.5) is 14.5 Å². The second-order valence-corrected chi connectivity index (χ2v) is 14.8. The molecule has 3 atom stereocenters. The van der Waals surface area contributed by atoms with Crippen molar-refractivity contribution in [3.05, 3.63) is 59.2 Å². The number of nitrogens with one attached hydrogen (secondary N) is 2. The average molecular weight is 683 g/mol. The van der Waals surface area contributed by atoms with Gasteiger partial charge in [0.15, 0.2) is 5.67 Å². The summed E-state index contributed by atoms with van der Waals surface area (Å²) in [6.07, 6.45) is 0.541. The van der Waals surface area contributed by atoms with Crippen molar-refractivity contribution in [2.24, 2.45) is 5.41 Å². The Morgan fingerprint density at radius 3 is 2.54 bits per heavy atom. The van der Waals surface area contributed by atoms with Gasteiger partial charge in [-0.2, -0.15) is 4.39 Å². The monoisotopic (exact) mass is 682 g/mol. The first-order valence-corrected chi connectivity index (χ1v) is 16.9. The molecule has 3 fully saturated rings. The van der Waals surface area contributed by atoms with Crippen LogP contribution in [-0.2, 0) is 20.9 Å². The van der Waals surface area contributed by atoms with E-state index in [1.165, 1.54) is 28.5 Å². The SMILES string of the molecule is Cc1ncsc1-c1ccc(CNC(=O)[C@@H]2C[C@@H](O)CN2C(=O)C(NC(=O)C2(F)CC2)C(C)(C)C)c(OC2CN(c3ccnc(F)c3)C2)c1. The molecule has 11 nitrogen and oxygen atoms in total. The quantitative estimate of drug-likeness (QED) is 0.277. The number of halogens is 2. The number of carbonyl (C=O) groups excluding carboxylic acids is 3. The maximum atomic E-state index is 14.5. The molecule has 0 bridgehead atoms. The number of β-amino-alcohol motifs (C(OH)–C–C–N with tert-alkyl or cyclic N) is 1. The first-order valence-electron chi connectivity index (χ1n) is 16.0. The van der Waals surface area contributed by atoms with Gasteiger partial charge in [0.05, 0.1) is 35.3 Å². The smallest absolute Gasteiger partial charge is 0.258 e. The van der Waals surface area contributed by atoms with Gasteiger partial charge in [-0.3, -0.25) is 14.4 Å². The zero-order chi connectivity index (χ0) is 34.4. The number of amides is 3. The van der Waals surface area contributed by atoms with E-state index in [1.807, 2.05) is 30.0 Å². The highest BCUT2D eigenvalue weighted by atomic mass is 32.1. The molecule has 3 aliphatic rings. The summed E-state index contributed by atoms with van der Waals surface area (Å²) in [6, 6.07) is 6.77. The number of thiazole rings is 1. The van der Waals surface area contributed by atoms with Gasteiger partial charge in [-0.15, -0.1) is 11.3 Å². The van der Waals surface area contributed by atoms with E-state index in [-0.39, 0.29) is 38.5 Å². The molecule has 2 saturated heterocycles. The Morgan fingerprint density at radius 2 is 1.90 bits per heavy atom. The lowest BCUT2D eigenvalue weighted by Gasteiger charge is -2.41. The molecule has 0 radical (unpaired) electrons. The molecular weight excluding hydrogens is 642 g/mol. The normalized spacial score (nSPS) is 21.0. The first kappa shape index (κ1) is 33.7. The molecule has 1 aliphatic carbocycles. The topological polar surface area (TPSA) is 137 Å². The number of likely N-dealkylation sites (tertiary alicyclic amines) is 1. The summed E-state index contributed by atoms with van der Waals surface area (Å²) in [5, 5.41) is 16.0. The lowest BCUT2D eigenvalue weighted by atomic mass is 9.85. The second-order valence-electron chi connectivity index (χ2n) is 13.9. The van der Waals surface area contributed by atoms with Crippen LogP contribution >= 0.6 is 11.3 Å². The number of aliphatic hydroxyl groups is 1. The maximum absolute atomic E-state index is 14.5. The van der Waals surface area contributed by atoms with Crippen LogP contribution in [-0.4, -0.2) is 87.3 Å². The number of hydrogen-bond donors (Lipinski definition) is 3. The Labute approximate surface area is 281 Å². The molecule has 2 aromatic heterocycles. The Bertz CT molecular complexity index is 1700. The van der Waals surface area contributed by atoms with Gasteiger partial charge in [0.1, 0.15) is 23.9 Å². The fourth-order valence-corrected chi connectivity index (χ4v) is 6.84. The van der Waals surface area contributed by atoms with Crippen molar-refractivity contribution >= 4 is 34.7 Å². The van der Waals surface area contributed by atoms with Gasteiger partial charge >= 0.3 is 0 Å². The number of hydrogen-bond acceptors (Lipinski definition) is 9. The molecule has 4 heterocycles. The molecule has 6 rings (SSSR count). The lowest BCUT2D eigenvalue weighted by molar-refractivity contribution is -0.145. The number of benzene rings is 1. The summed E-state index contributed by atoms with van der Waals surface area (Å²) in [5.74, 6) is -1.83. The Morgan fingerprint density at radius 1 is 1.15 bits per heavy atom. The highest BCUT2D eigenvalue weighted by molar-refractivity contribution is 7.13. The van der Waals surface area contributed by atoms with Gasteiger partial charge in [-0.25, -0.2) is 14.4 Å². The summed E-state index contributed by atoms with van der Waals surface area (Å²) < 4.78 is 34.6. The van der Waals surface area contributed by atoms with E-state index in [4.69, 9.17) is 4.74 Å². The van der Waals surface area contributed by atoms with Crippen LogP contribution in [0.25, 0.3) is 10.4 Å². The third-order valence-electron chi connectivity index (χ3n) is 9.09. The fraction of sp³-hybridized carbons (Fsp3) is 0.500. The maximum Gasteiger partial charge on any atom is 0.258 e. The fourth-order valence-electron chi connectivity index (χ4n) is 6.04. The molecule has 48 heavy (non-hydrogen) atoms. The van der Waals surface area contributed by atoms with Crippen LogP contribution in [0.5, 0.6) is 5.75 Å². The number of anilines is 1. The zero-order valence-electron chi connectivity index (χ0n) is 27.3. The van der Waals surface area contributed by atoms with Gasteiger partial charge in [-0.1, -0.05) is 32.9 Å². The number of aryl methyl sites for hydroxylation is 1. The summed E-state index contributed by atoms with van der Waals surface area (Å²) in [7, 11) is 0. The molecule has 256 valence electrons. The number of nitrogens with zero attached hydrogens (tertiary/aromatic N) is 4. The van der Waals surface area contributed by atoms with Crippen molar-refractivity contribution in [3.8, 4) is 16.2 Å². The number of pyridine rings is 1. The predicted octanol–water partition coefficient (Wildman–Crippen LogP) is 3.53. The van der Waals surface area contributed by atoms with Crippen LogP contribution in [0.3, 0.4) is 0 Å². The molecule has 1 aromatic carbocycles. The van der Waals surface area contributed by atoms with Crippen molar-refractivity contribution in [2.75, 3.05) is 24.5 Å². The van der Waals surface area contributed by atoms with Crippen molar-refractivity contribution in [2.45, 2.75) is 83.5 Å². The summed E-state index contributed by atoms with van der Waals surface area (Å²) in [5.41, 5.74) is 2.25. The third kappa shape index (κ3) is 7.14. The lowest BCUT2D eigenvalue weighted by Crippen LogP contribution is -2.59. The van der Waals surface area contributed by atoms with Gasteiger partial charge in [0, 0.05) is 43.0 Å². The minimum absolute atomic E-state index is 0.0237. The first-order chi connectivity index (χ1) is 22.7. The molecule has 1 saturated carbocycles. The van der Waals surface area contributed by atoms with Crippen LogP contribution in [0.1, 0.15) is 51.3 Å². The molecule has 0 spiro atoms. The van der Waals surface area contributed by atoms with Gasteiger partial charge in [0.25, 0.3) is 5.91 Å². The largest absolute Gasteiger partial charge is 0.486 e. The van der Waals surface area contributed by atoms with Gasteiger partial charge < -0.3 is 30.3 Å². The van der Waals surface area contributed by atoms with Crippen molar-refractivity contribution < 1.29 is 33.0 Å². The molecule has 2 aliphatic heterocycles. The summed E-state index contributed by atoms with van der Waals surface area (Å²) >= 11 is 1.51. The van der Waals surface area contributed by atoms with Crippen molar-refractivity contribution in [1.82, 2.24) is 25.5 Å². The highest BCUT2D eigenvalue weighted by Gasteiger charge is 2.53. The molecule has 3 aromatic rings. The van der Waals surface area contributed by atoms with Gasteiger partial charge in [0.2, 0.25) is 17.8 Å². The molecular formula is C34H40F2N6O5S. The third-order valence-corrected chi connectivity index (χ3v) is 10.1. The number of aromatic nitrogens is 2. The second kappa shape index (κ2) is 13.0. The molecule has 1 unspecified atom stereocenters. The van der Waals surface area contributed by atoms with Crippen molar-refractivity contribution in [3.63, 3.8) is 0 Å². The van der Waals surface area contributed by atoms with Crippen LogP contribution in [0.2, 0.25) is 0 Å². The van der Waals surface area contributed by atoms with Crippen LogP contribution in [0.15, 0.2) is 42.0 Å². The predicted molar refractivity (Wildman–Crippen MR) is 176 cm³/mol. The average Bonchev–Trinajstić information content (AvgIpc) is 3.42. The van der Waals surface area contributed by atoms with E-state index in [9.17, 15) is 28.3 Å².